The second-order valence-corrected chi connectivity index (χ2v) is 7.97. The van der Waals surface area contributed by atoms with Gasteiger partial charge in [0.05, 0.1) is 12.5 Å². The maximum atomic E-state index is 13.1. The molecule has 3 aromatic rings. The van der Waals surface area contributed by atoms with Crippen LogP contribution in [0.25, 0.3) is 11.1 Å². The van der Waals surface area contributed by atoms with E-state index in [1.54, 1.807) is 12.1 Å². The van der Waals surface area contributed by atoms with Crippen molar-refractivity contribution in [1.82, 2.24) is 9.29 Å². The minimum atomic E-state index is -3.43. The van der Waals surface area contributed by atoms with E-state index in [9.17, 15) is 12.8 Å². The Bertz CT molecular complexity index is 1010. The highest BCUT2D eigenvalue weighted by atomic mass is 32.2. The number of sulfonamides is 1. The lowest BCUT2D eigenvalue weighted by molar-refractivity contribution is 0.341. The zero-order valence-corrected chi connectivity index (χ0v) is 14.2. The van der Waals surface area contributed by atoms with Gasteiger partial charge >= 0.3 is 0 Å². The minimum Gasteiger partial charge on any atom is -0.446 e. The molecule has 0 aliphatic carbocycles. The maximum Gasteiger partial charge on any atom is 0.212 e. The van der Waals surface area contributed by atoms with E-state index >= 15 is 0 Å². The Morgan fingerprint density at radius 2 is 1.88 bits per heavy atom. The number of benzene rings is 2. The van der Waals surface area contributed by atoms with Crippen molar-refractivity contribution < 1.29 is 17.2 Å². The smallest absolute Gasteiger partial charge is 0.212 e. The molecule has 1 aliphatic rings. The Hall–Kier alpha value is -2.51. The molecule has 0 saturated heterocycles. The summed E-state index contributed by atoms with van der Waals surface area (Å²) in [5, 5.41) is 0. The Kier molecular flexibility index (Phi) is 3.70. The molecule has 0 spiro atoms. The van der Waals surface area contributed by atoms with Gasteiger partial charge in [-0.15, -0.1) is 0 Å². The number of rotatable bonds is 3. The third-order valence-electron chi connectivity index (χ3n) is 4.38. The van der Waals surface area contributed by atoms with Crippen LogP contribution in [0.4, 0.5) is 4.39 Å². The molecule has 4 rings (SSSR count). The second kappa shape index (κ2) is 5.79. The summed E-state index contributed by atoms with van der Waals surface area (Å²) in [4.78, 5) is 3.91. The molecule has 2 aromatic carbocycles. The number of fused-ring (bicyclic) bond motifs is 1. The van der Waals surface area contributed by atoms with E-state index in [0.717, 1.165) is 22.3 Å². The first-order valence-electron chi connectivity index (χ1n) is 7.67. The summed E-state index contributed by atoms with van der Waals surface area (Å²) >= 11 is 0. The van der Waals surface area contributed by atoms with Gasteiger partial charge < -0.3 is 4.42 Å². The van der Waals surface area contributed by atoms with Gasteiger partial charge in [-0.2, -0.15) is 4.31 Å². The Balaban J connectivity index is 1.80. The Morgan fingerprint density at radius 1 is 1.16 bits per heavy atom. The first kappa shape index (κ1) is 16.0. The first-order valence-corrected chi connectivity index (χ1v) is 9.52. The normalized spacial score (nSPS) is 17.6. The van der Waals surface area contributed by atoms with Crippen molar-refractivity contribution in [2.45, 2.75) is 12.6 Å². The number of aromatic nitrogens is 1. The molecule has 0 amide bonds. The fourth-order valence-corrected chi connectivity index (χ4v) is 4.18. The minimum absolute atomic E-state index is 0.259. The van der Waals surface area contributed by atoms with Crippen molar-refractivity contribution in [1.29, 1.82) is 0 Å². The number of hydrogen-bond donors (Lipinski definition) is 0. The van der Waals surface area contributed by atoms with E-state index in [2.05, 4.69) is 4.98 Å². The van der Waals surface area contributed by atoms with Crippen LogP contribution in [0.3, 0.4) is 0 Å². The van der Waals surface area contributed by atoms with Crippen LogP contribution in [0, 0.1) is 5.82 Å². The summed E-state index contributed by atoms with van der Waals surface area (Å²) in [6.45, 7) is 0.259. The molecule has 25 heavy (non-hydrogen) atoms. The van der Waals surface area contributed by atoms with Crippen LogP contribution in [0.2, 0.25) is 0 Å². The van der Waals surface area contributed by atoms with Gasteiger partial charge in [-0.1, -0.05) is 24.3 Å². The zero-order chi connectivity index (χ0) is 17.6. The lowest BCUT2D eigenvalue weighted by Crippen LogP contribution is -2.28. The summed E-state index contributed by atoms with van der Waals surface area (Å²) in [5.41, 5.74) is 3.55. The van der Waals surface area contributed by atoms with E-state index < -0.39 is 16.1 Å². The second-order valence-electron chi connectivity index (χ2n) is 6.04. The molecule has 0 N–H and O–H groups in total. The van der Waals surface area contributed by atoms with Crippen LogP contribution in [0.5, 0.6) is 0 Å². The standard InChI is InChI=1S/C18H15FN2O3S/c1-25(22,23)21-10-14-8-13(12-2-5-15(19)6-3-12)4-7-16(14)18(21)17-9-20-11-24-17/h2-9,11,18H,10H2,1H3. The number of oxazole rings is 1. The predicted molar refractivity (Wildman–Crippen MR) is 90.6 cm³/mol. The average Bonchev–Trinajstić information content (AvgIpc) is 3.21. The van der Waals surface area contributed by atoms with Crippen molar-refractivity contribution in [2.75, 3.05) is 6.26 Å². The largest absolute Gasteiger partial charge is 0.446 e. The molecule has 7 heteroatoms. The van der Waals surface area contributed by atoms with Gasteiger partial charge in [0.1, 0.15) is 17.6 Å². The van der Waals surface area contributed by atoms with E-state index in [-0.39, 0.29) is 12.4 Å². The SMILES string of the molecule is CS(=O)(=O)N1Cc2cc(-c3ccc(F)cc3)ccc2C1c1cnco1. The summed E-state index contributed by atoms with van der Waals surface area (Å²) in [6.07, 6.45) is 4.01. The van der Waals surface area contributed by atoms with Gasteiger partial charge in [-0.25, -0.2) is 17.8 Å². The lowest BCUT2D eigenvalue weighted by atomic mass is 9.97. The Labute approximate surface area is 144 Å². The molecule has 0 fully saturated rings. The molecule has 5 nitrogen and oxygen atoms in total. The molecule has 128 valence electrons. The van der Waals surface area contributed by atoms with Crippen LogP contribution in [0.15, 0.2) is 59.5 Å². The van der Waals surface area contributed by atoms with E-state index in [4.69, 9.17) is 4.42 Å². The topological polar surface area (TPSA) is 63.4 Å². The fourth-order valence-electron chi connectivity index (χ4n) is 3.21. The zero-order valence-electron chi connectivity index (χ0n) is 13.4. The van der Waals surface area contributed by atoms with Gasteiger partial charge in [-0.05, 0) is 40.5 Å². The molecule has 0 bridgehead atoms. The van der Waals surface area contributed by atoms with Crippen molar-refractivity contribution >= 4 is 10.0 Å². The van der Waals surface area contributed by atoms with Crippen molar-refractivity contribution in [2.24, 2.45) is 0 Å². The lowest BCUT2D eigenvalue weighted by Gasteiger charge is -2.20. The van der Waals surface area contributed by atoms with Crippen molar-refractivity contribution in [3.63, 3.8) is 0 Å². The molecule has 1 aromatic heterocycles. The number of nitrogens with zero attached hydrogens (tertiary/aromatic N) is 2. The van der Waals surface area contributed by atoms with Crippen LogP contribution >= 0.6 is 0 Å². The third kappa shape index (κ3) is 2.85. The maximum absolute atomic E-state index is 13.1. The van der Waals surface area contributed by atoms with Crippen molar-refractivity contribution in [3.05, 3.63) is 77.8 Å². The highest BCUT2D eigenvalue weighted by Crippen LogP contribution is 2.41. The number of halogens is 1. The molecule has 1 atom stereocenters. The summed E-state index contributed by atoms with van der Waals surface area (Å²) in [5.74, 6) is 0.192. The molecule has 0 radical (unpaired) electrons. The summed E-state index contributed by atoms with van der Waals surface area (Å²) < 4.78 is 44.3. The predicted octanol–water partition coefficient (Wildman–Crippen LogP) is 3.35. The molecule has 1 aliphatic heterocycles. The summed E-state index contributed by atoms with van der Waals surface area (Å²) in [6, 6.07) is 11.4. The van der Waals surface area contributed by atoms with Crippen LogP contribution in [0.1, 0.15) is 22.9 Å². The van der Waals surface area contributed by atoms with Gasteiger partial charge in [0, 0.05) is 6.54 Å². The van der Waals surface area contributed by atoms with Crippen molar-refractivity contribution in [3.8, 4) is 11.1 Å². The van der Waals surface area contributed by atoms with Crippen LogP contribution in [-0.4, -0.2) is 24.0 Å². The highest BCUT2D eigenvalue weighted by Gasteiger charge is 2.39. The molecule has 0 saturated carbocycles. The van der Waals surface area contributed by atoms with Crippen LogP contribution in [-0.2, 0) is 16.6 Å². The monoisotopic (exact) mass is 358 g/mol. The molecular weight excluding hydrogens is 343 g/mol. The molecular formula is C18H15FN2O3S. The van der Waals surface area contributed by atoms with Gasteiger partial charge in [0.15, 0.2) is 6.39 Å². The Morgan fingerprint density at radius 3 is 2.52 bits per heavy atom. The van der Waals surface area contributed by atoms with E-state index in [0.29, 0.717) is 5.76 Å². The highest BCUT2D eigenvalue weighted by molar-refractivity contribution is 7.88. The average molecular weight is 358 g/mol. The van der Waals surface area contributed by atoms with E-state index in [1.165, 1.54) is 35.3 Å². The number of hydrogen-bond acceptors (Lipinski definition) is 4. The molecule has 1 unspecified atom stereocenters. The summed E-state index contributed by atoms with van der Waals surface area (Å²) in [7, 11) is -3.43. The molecule has 2 heterocycles. The first-order chi connectivity index (χ1) is 11.9. The van der Waals surface area contributed by atoms with E-state index in [1.807, 2.05) is 18.2 Å². The van der Waals surface area contributed by atoms with Gasteiger partial charge in [0.25, 0.3) is 0 Å². The fraction of sp³-hybridized carbons (Fsp3) is 0.167. The van der Waals surface area contributed by atoms with Gasteiger partial charge in [-0.3, -0.25) is 0 Å². The van der Waals surface area contributed by atoms with Gasteiger partial charge in [0.2, 0.25) is 10.0 Å². The third-order valence-corrected chi connectivity index (χ3v) is 5.57. The quantitative estimate of drug-likeness (QED) is 0.720. The van der Waals surface area contributed by atoms with Crippen LogP contribution < -0.4 is 0 Å².